The van der Waals surface area contributed by atoms with E-state index in [0.29, 0.717) is 35.6 Å². The molecule has 3 heterocycles. The molecule has 164 valence electrons. The molecule has 3 aromatic rings. The average molecular weight is 442 g/mol. The van der Waals surface area contributed by atoms with Crippen molar-refractivity contribution in [2.45, 2.75) is 26.2 Å². The number of benzene rings is 1. The van der Waals surface area contributed by atoms with Crippen molar-refractivity contribution in [3.8, 4) is 11.4 Å². The molecule has 1 unspecified atom stereocenters. The quantitative estimate of drug-likeness (QED) is 0.447. The standard InChI is InChI=1S/C22H28ClN7O/c1-3-24-22(30-10-8-16(15-30)11-17-13-26-29(2)14-17)25-9-7-20-27-21(28-31-20)18-5-4-6-19(23)12-18/h4-6,12-14,16H,3,7-11,15H2,1-2H3,(H,24,25). The molecule has 1 atom stereocenters. The van der Waals surface area contributed by atoms with Crippen molar-refractivity contribution in [1.82, 2.24) is 30.1 Å². The monoisotopic (exact) mass is 441 g/mol. The molecule has 1 fully saturated rings. The Hall–Kier alpha value is -2.87. The summed E-state index contributed by atoms with van der Waals surface area (Å²) in [5, 5.41) is 12.4. The van der Waals surface area contributed by atoms with Crippen LogP contribution in [-0.4, -0.2) is 57.0 Å². The fraction of sp³-hybridized carbons (Fsp3) is 0.455. The van der Waals surface area contributed by atoms with Gasteiger partial charge in [0.1, 0.15) is 0 Å². The van der Waals surface area contributed by atoms with Crippen LogP contribution in [0.25, 0.3) is 11.4 Å². The predicted octanol–water partition coefficient (Wildman–Crippen LogP) is 3.20. The molecular formula is C22H28ClN7O. The van der Waals surface area contributed by atoms with Crippen LogP contribution in [0.5, 0.6) is 0 Å². The van der Waals surface area contributed by atoms with E-state index in [1.807, 2.05) is 42.2 Å². The highest BCUT2D eigenvalue weighted by Crippen LogP contribution is 2.21. The number of rotatable bonds is 7. The number of likely N-dealkylation sites (tertiary alicyclic amines) is 1. The van der Waals surface area contributed by atoms with Gasteiger partial charge in [-0.3, -0.25) is 9.67 Å². The van der Waals surface area contributed by atoms with Gasteiger partial charge in [0.15, 0.2) is 5.96 Å². The lowest BCUT2D eigenvalue weighted by molar-refractivity contribution is 0.380. The van der Waals surface area contributed by atoms with Crippen molar-refractivity contribution < 1.29 is 4.52 Å². The molecule has 0 bridgehead atoms. The molecule has 8 nitrogen and oxygen atoms in total. The van der Waals surface area contributed by atoms with Crippen LogP contribution in [0.2, 0.25) is 5.02 Å². The first-order chi connectivity index (χ1) is 15.1. The molecule has 9 heteroatoms. The van der Waals surface area contributed by atoms with Crippen LogP contribution in [0.4, 0.5) is 0 Å². The maximum Gasteiger partial charge on any atom is 0.228 e. The molecule has 0 spiro atoms. The maximum atomic E-state index is 6.05. The number of halogens is 1. The number of nitrogens with zero attached hydrogens (tertiary/aromatic N) is 6. The summed E-state index contributed by atoms with van der Waals surface area (Å²) in [6.07, 6.45) is 6.87. The molecule has 0 saturated carbocycles. The lowest BCUT2D eigenvalue weighted by Gasteiger charge is -2.21. The first kappa shape index (κ1) is 21.4. The average Bonchev–Trinajstić information content (AvgIpc) is 3.49. The Balaban J connectivity index is 1.33. The van der Waals surface area contributed by atoms with Crippen LogP contribution in [0, 0.1) is 5.92 Å². The van der Waals surface area contributed by atoms with Gasteiger partial charge in [-0.1, -0.05) is 28.9 Å². The molecule has 31 heavy (non-hydrogen) atoms. The second-order valence-electron chi connectivity index (χ2n) is 7.83. The minimum Gasteiger partial charge on any atom is -0.357 e. The van der Waals surface area contributed by atoms with E-state index in [1.165, 1.54) is 5.56 Å². The largest absolute Gasteiger partial charge is 0.357 e. The molecule has 1 aliphatic rings. The Labute approximate surface area is 187 Å². The fourth-order valence-corrected chi connectivity index (χ4v) is 4.08. The van der Waals surface area contributed by atoms with Gasteiger partial charge in [0.05, 0.1) is 12.7 Å². The molecule has 1 aromatic carbocycles. The molecule has 2 aromatic heterocycles. The van der Waals surface area contributed by atoms with E-state index in [0.717, 1.165) is 44.0 Å². The Kier molecular flexibility index (Phi) is 6.86. The number of aryl methyl sites for hydroxylation is 1. The molecule has 0 aliphatic carbocycles. The molecule has 0 radical (unpaired) electrons. The van der Waals surface area contributed by atoms with Crippen LogP contribution in [0.1, 0.15) is 24.8 Å². The summed E-state index contributed by atoms with van der Waals surface area (Å²) in [7, 11) is 1.96. The molecular weight excluding hydrogens is 414 g/mol. The van der Waals surface area contributed by atoms with Gasteiger partial charge >= 0.3 is 0 Å². The minimum atomic E-state index is 0.547. The third kappa shape index (κ3) is 5.64. The molecule has 1 saturated heterocycles. The third-order valence-electron chi connectivity index (χ3n) is 5.34. The van der Waals surface area contributed by atoms with Crippen molar-refractivity contribution in [2.24, 2.45) is 18.0 Å². The highest BCUT2D eigenvalue weighted by atomic mass is 35.5. The molecule has 0 amide bonds. The van der Waals surface area contributed by atoms with Crippen molar-refractivity contribution >= 4 is 17.6 Å². The maximum absolute atomic E-state index is 6.05. The van der Waals surface area contributed by atoms with Crippen molar-refractivity contribution in [2.75, 3.05) is 26.2 Å². The van der Waals surface area contributed by atoms with E-state index in [2.05, 4.69) is 38.6 Å². The highest BCUT2D eigenvalue weighted by Gasteiger charge is 2.25. The van der Waals surface area contributed by atoms with Crippen LogP contribution >= 0.6 is 11.6 Å². The first-order valence-corrected chi connectivity index (χ1v) is 11.1. The van der Waals surface area contributed by atoms with Crippen molar-refractivity contribution in [1.29, 1.82) is 0 Å². The van der Waals surface area contributed by atoms with Gasteiger partial charge in [0.2, 0.25) is 11.7 Å². The van der Waals surface area contributed by atoms with E-state index >= 15 is 0 Å². The second-order valence-corrected chi connectivity index (χ2v) is 8.27. The van der Waals surface area contributed by atoms with Crippen LogP contribution in [0.3, 0.4) is 0 Å². The topological polar surface area (TPSA) is 84.4 Å². The molecule has 1 N–H and O–H groups in total. The van der Waals surface area contributed by atoms with Gasteiger partial charge in [-0.05, 0) is 43.4 Å². The zero-order chi connectivity index (χ0) is 21.6. The summed E-state index contributed by atoms with van der Waals surface area (Å²) >= 11 is 6.05. The van der Waals surface area contributed by atoms with E-state index in [4.69, 9.17) is 21.1 Å². The summed E-state index contributed by atoms with van der Waals surface area (Å²) in [6.45, 7) is 5.52. The minimum absolute atomic E-state index is 0.547. The van der Waals surface area contributed by atoms with E-state index in [9.17, 15) is 0 Å². The van der Waals surface area contributed by atoms with Gasteiger partial charge < -0.3 is 14.7 Å². The van der Waals surface area contributed by atoms with Gasteiger partial charge in [-0.2, -0.15) is 10.1 Å². The van der Waals surface area contributed by atoms with Crippen molar-refractivity contribution in [3.05, 3.63) is 53.1 Å². The summed E-state index contributed by atoms with van der Waals surface area (Å²) in [5.41, 5.74) is 2.14. The first-order valence-electron chi connectivity index (χ1n) is 10.7. The van der Waals surface area contributed by atoms with E-state index in [1.54, 1.807) is 0 Å². The lowest BCUT2D eigenvalue weighted by atomic mass is 10.0. The number of guanidine groups is 1. The van der Waals surface area contributed by atoms with E-state index < -0.39 is 0 Å². The third-order valence-corrected chi connectivity index (χ3v) is 5.58. The lowest BCUT2D eigenvalue weighted by Crippen LogP contribution is -2.40. The summed E-state index contributed by atoms with van der Waals surface area (Å²) in [5.74, 6) is 2.69. The van der Waals surface area contributed by atoms with Crippen molar-refractivity contribution in [3.63, 3.8) is 0 Å². The summed E-state index contributed by atoms with van der Waals surface area (Å²) < 4.78 is 7.26. The highest BCUT2D eigenvalue weighted by molar-refractivity contribution is 6.30. The van der Waals surface area contributed by atoms with Gasteiger partial charge in [0.25, 0.3) is 0 Å². The van der Waals surface area contributed by atoms with Crippen LogP contribution in [0.15, 0.2) is 46.2 Å². The number of hydrogen-bond acceptors (Lipinski definition) is 5. The predicted molar refractivity (Wildman–Crippen MR) is 121 cm³/mol. The Morgan fingerprint density at radius 2 is 2.29 bits per heavy atom. The number of hydrogen-bond donors (Lipinski definition) is 1. The zero-order valence-corrected chi connectivity index (χ0v) is 18.7. The summed E-state index contributed by atoms with van der Waals surface area (Å²) in [6, 6.07) is 7.44. The Morgan fingerprint density at radius 3 is 3.06 bits per heavy atom. The SMILES string of the molecule is CCNC(=NCCc1nc(-c2cccc(Cl)c2)no1)N1CCC(Cc2cnn(C)c2)C1. The fourth-order valence-electron chi connectivity index (χ4n) is 3.89. The summed E-state index contributed by atoms with van der Waals surface area (Å²) in [4.78, 5) is 11.6. The zero-order valence-electron chi connectivity index (χ0n) is 18.0. The smallest absolute Gasteiger partial charge is 0.228 e. The van der Waals surface area contributed by atoms with E-state index in [-0.39, 0.29) is 0 Å². The molecule has 4 rings (SSSR count). The van der Waals surface area contributed by atoms with Gasteiger partial charge in [-0.15, -0.1) is 0 Å². The molecule has 1 aliphatic heterocycles. The second kappa shape index (κ2) is 9.96. The Morgan fingerprint density at radius 1 is 1.39 bits per heavy atom. The van der Waals surface area contributed by atoms with Crippen LogP contribution in [-0.2, 0) is 19.9 Å². The normalized spacial score (nSPS) is 16.8. The Bertz CT molecular complexity index is 1030. The number of nitrogens with one attached hydrogen (secondary N) is 1. The van der Waals surface area contributed by atoms with Gasteiger partial charge in [0, 0.05) is 49.9 Å². The number of aliphatic imine (C=N–C) groups is 1. The number of aromatic nitrogens is 4. The van der Waals surface area contributed by atoms with Crippen LogP contribution < -0.4 is 5.32 Å². The van der Waals surface area contributed by atoms with Gasteiger partial charge in [-0.25, -0.2) is 0 Å².